The van der Waals surface area contributed by atoms with Gasteiger partial charge in [0.05, 0.1) is 0 Å². The van der Waals surface area contributed by atoms with Crippen LogP contribution in [0.1, 0.15) is 25.3 Å². The molecule has 1 rings (SSSR count). The van der Waals surface area contributed by atoms with Crippen LogP contribution in [0.4, 0.5) is 4.39 Å². The highest BCUT2D eigenvalue weighted by molar-refractivity contribution is 7.99. The van der Waals surface area contributed by atoms with Gasteiger partial charge in [0.2, 0.25) is 0 Å². The Morgan fingerprint density at radius 3 is 2.75 bits per heavy atom. The molecule has 0 fully saturated rings. The van der Waals surface area contributed by atoms with Crippen molar-refractivity contribution in [2.24, 2.45) is 0 Å². The minimum atomic E-state index is -0.346. The maximum atomic E-state index is 12.0. The Balaban J connectivity index is 2.81. The summed E-state index contributed by atoms with van der Waals surface area (Å²) in [6.45, 7) is 4.28. The summed E-state index contributed by atoms with van der Waals surface area (Å²) in [7, 11) is 0. The highest BCUT2D eigenvalue weighted by atomic mass is 32.2. The zero-order chi connectivity index (χ0) is 8.97. The molecule has 0 aliphatic rings. The summed E-state index contributed by atoms with van der Waals surface area (Å²) < 4.78 is 12.0. The molecule has 1 aromatic rings. The first-order chi connectivity index (χ1) is 5.74. The zero-order valence-electron chi connectivity index (χ0n) is 7.38. The number of benzene rings is 1. The van der Waals surface area contributed by atoms with Gasteiger partial charge < -0.3 is 0 Å². The minimum absolute atomic E-state index is 0.346. The monoisotopic (exact) mass is 184 g/mol. The predicted octanol–water partition coefficient (Wildman–Crippen LogP) is 3.83. The molecule has 0 nitrogen and oxygen atoms in total. The van der Waals surface area contributed by atoms with Gasteiger partial charge in [-0.3, -0.25) is 0 Å². The number of hydrogen-bond acceptors (Lipinski definition) is 1. The van der Waals surface area contributed by atoms with Crippen molar-refractivity contribution in [2.45, 2.75) is 24.7 Å². The lowest BCUT2D eigenvalue weighted by atomic mass is 10.0. The van der Waals surface area contributed by atoms with Crippen molar-refractivity contribution in [2.75, 3.05) is 6.01 Å². The molecule has 0 atom stereocenters. The third-order valence-electron chi connectivity index (χ3n) is 1.75. The van der Waals surface area contributed by atoms with E-state index in [-0.39, 0.29) is 6.01 Å². The van der Waals surface area contributed by atoms with E-state index in [4.69, 9.17) is 0 Å². The molecule has 0 aromatic heterocycles. The zero-order valence-corrected chi connectivity index (χ0v) is 8.20. The Bertz CT molecular complexity index is 245. The van der Waals surface area contributed by atoms with Crippen molar-refractivity contribution in [1.29, 1.82) is 0 Å². The number of rotatable bonds is 3. The van der Waals surface area contributed by atoms with E-state index in [1.165, 1.54) is 17.3 Å². The molecule has 0 N–H and O–H groups in total. The molecule has 66 valence electrons. The Morgan fingerprint density at radius 2 is 2.17 bits per heavy atom. The van der Waals surface area contributed by atoms with Crippen molar-refractivity contribution in [1.82, 2.24) is 0 Å². The Kier molecular flexibility index (Phi) is 3.60. The van der Waals surface area contributed by atoms with E-state index in [0.29, 0.717) is 5.92 Å². The summed E-state index contributed by atoms with van der Waals surface area (Å²) in [4.78, 5) is 1.02. The van der Waals surface area contributed by atoms with E-state index in [0.717, 1.165) is 4.90 Å². The number of alkyl halides is 1. The molecule has 0 unspecified atom stereocenters. The van der Waals surface area contributed by atoms with E-state index in [1.807, 2.05) is 12.1 Å². The first-order valence-electron chi connectivity index (χ1n) is 4.02. The van der Waals surface area contributed by atoms with Crippen LogP contribution >= 0.6 is 11.8 Å². The standard InChI is InChI=1S/C10H13FS/c1-8(2)9-4-3-5-10(6-9)12-7-11/h3-6,8H,7H2,1-2H3. The van der Waals surface area contributed by atoms with Crippen LogP contribution in [0.15, 0.2) is 29.2 Å². The van der Waals surface area contributed by atoms with Gasteiger partial charge in [-0.1, -0.05) is 37.7 Å². The fraction of sp³-hybridized carbons (Fsp3) is 0.400. The number of halogens is 1. The quantitative estimate of drug-likeness (QED) is 0.643. The Labute approximate surface area is 77.2 Å². The second-order valence-electron chi connectivity index (χ2n) is 2.98. The molecule has 12 heavy (non-hydrogen) atoms. The summed E-state index contributed by atoms with van der Waals surface area (Å²) in [5.74, 6) is 0.519. The third kappa shape index (κ3) is 2.52. The number of thioether (sulfide) groups is 1. The molecule has 0 radical (unpaired) electrons. The SMILES string of the molecule is CC(C)c1cccc(SCF)c1. The van der Waals surface area contributed by atoms with E-state index >= 15 is 0 Å². The lowest BCUT2D eigenvalue weighted by molar-refractivity contribution is 0.605. The topological polar surface area (TPSA) is 0 Å². The fourth-order valence-electron chi connectivity index (χ4n) is 1.03. The smallest absolute Gasteiger partial charge is 0.139 e. The molecular formula is C10H13FS. The molecule has 0 heterocycles. The molecule has 0 bridgehead atoms. The van der Waals surface area contributed by atoms with Crippen molar-refractivity contribution in [3.63, 3.8) is 0 Å². The maximum Gasteiger partial charge on any atom is 0.139 e. The minimum Gasteiger partial charge on any atom is -0.239 e. The van der Waals surface area contributed by atoms with Gasteiger partial charge in [0.25, 0.3) is 0 Å². The van der Waals surface area contributed by atoms with Crippen LogP contribution in [-0.4, -0.2) is 6.01 Å². The van der Waals surface area contributed by atoms with E-state index in [2.05, 4.69) is 26.0 Å². The third-order valence-corrected chi connectivity index (χ3v) is 2.44. The Hall–Kier alpha value is -0.500. The first kappa shape index (κ1) is 9.59. The second-order valence-corrected chi connectivity index (χ2v) is 3.96. The lowest BCUT2D eigenvalue weighted by Crippen LogP contribution is -1.86. The number of hydrogen-bond donors (Lipinski definition) is 0. The van der Waals surface area contributed by atoms with Gasteiger partial charge in [0, 0.05) is 4.90 Å². The van der Waals surface area contributed by atoms with Gasteiger partial charge in [0.1, 0.15) is 6.01 Å². The summed E-state index contributed by atoms with van der Waals surface area (Å²) in [5, 5.41) is 0. The molecule has 0 saturated heterocycles. The highest BCUT2D eigenvalue weighted by Crippen LogP contribution is 2.22. The predicted molar refractivity (Wildman–Crippen MR) is 52.4 cm³/mol. The van der Waals surface area contributed by atoms with E-state index < -0.39 is 0 Å². The molecule has 0 saturated carbocycles. The van der Waals surface area contributed by atoms with Gasteiger partial charge in [-0.25, -0.2) is 4.39 Å². The van der Waals surface area contributed by atoms with Gasteiger partial charge >= 0.3 is 0 Å². The van der Waals surface area contributed by atoms with Gasteiger partial charge in [-0.15, -0.1) is 0 Å². The normalized spacial score (nSPS) is 10.7. The van der Waals surface area contributed by atoms with Crippen LogP contribution < -0.4 is 0 Å². The average molecular weight is 184 g/mol. The van der Waals surface area contributed by atoms with Gasteiger partial charge in [-0.2, -0.15) is 0 Å². The molecule has 1 aromatic carbocycles. The summed E-state index contributed by atoms with van der Waals surface area (Å²) in [5.41, 5.74) is 1.27. The first-order valence-corrected chi connectivity index (χ1v) is 5.01. The second kappa shape index (κ2) is 4.51. The molecular weight excluding hydrogens is 171 g/mol. The highest BCUT2D eigenvalue weighted by Gasteiger charge is 1.99. The Morgan fingerprint density at radius 1 is 1.42 bits per heavy atom. The van der Waals surface area contributed by atoms with Crippen LogP contribution in [0, 0.1) is 0 Å². The van der Waals surface area contributed by atoms with Crippen molar-refractivity contribution < 1.29 is 4.39 Å². The molecule has 0 amide bonds. The van der Waals surface area contributed by atoms with Gasteiger partial charge in [0.15, 0.2) is 0 Å². The molecule has 0 aliphatic heterocycles. The summed E-state index contributed by atoms with van der Waals surface area (Å²) in [6.07, 6.45) is 0. The van der Waals surface area contributed by atoms with E-state index in [1.54, 1.807) is 0 Å². The van der Waals surface area contributed by atoms with Crippen LogP contribution in [0.3, 0.4) is 0 Å². The van der Waals surface area contributed by atoms with Crippen LogP contribution in [0.2, 0.25) is 0 Å². The fourth-order valence-corrected chi connectivity index (χ4v) is 1.55. The van der Waals surface area contributed by atoms with Crippen molar-refractivity contribution in [3.05, 3.63) is 29.8 Å². The van der Waals surface area contributed by atoms with E-state index in [9.17, 15) is 4.39 Å². The van der Waals surface area contributed by atoms with Crippen molar-refractivity contribution >= 4 is 11.8 Å². The van der Waals surface area contributed by atoms with Crippen molar-refractivity contribution in [3.8, 4) is 0 Å². The maximum absolute atomic E-state index is 12.0. The summed E-state index contributed by atoms with van der Waals surface area (Å²) >= 11 is 1.24. The molecule has 0 spiro atoms. The largest absolute Gasteiger partial charge is 0.239 e. The van der Waals surface area contributed by atoms with Gasteiger partial charge in [-0.05, 0) is 23.6 Å². The average Bonchev–Trinajstić information content (AvgIpc) is 2.05. The summed E-state index contributed by atoms with van der Waals surface area (Å²) in [6, 6.07) is 7.70. The molecule has 2 heteroatoms. The molecule has 0 aliphatic carbocycles. The van der Waals surface area contributed by atoms with Crippen LogP contribution in [0.25, 0.3) is 0 Å². The lowest BCUT2D eigenvalue weighted by Gasteiger charge is -2.06. The van der Waals surface area contributed by atoms with Crippen LogP contribution in [-0.2, 0) is 0 Å². The van der Waals surface area contributed by atoms with Crippen LogP contribution in [0.5, 0.6) is 0 Å².